The van der Waals surface area contributed by atoms with Crippen molar-refractivity contribution < 1.29 is 0 Å². The van der Waals surface area contributed by atoms with Gasteiger partial charge in [0.1, 0.15) is 0 Å². The molecule has 1 atom stereocenters. The molecule has 2 nitrogen and oxygen atoms in total. The molecule has 3 N–H and O–H groups in total. The first-order valence-electron chi connectivity index (χ1n) is 4.85. The summed E-state index contributed by atoms with van der Waals surface area (Å²) >= 11 is 0. The van der Waals surface area contributed by atoms with Crippen LogP contribution in [-0.4, -0.2) is 4.98 Å². The maximum atomic E-state index is 5.77. The van der Waals surface area contributed by atoms with E-state index in [1.54, 1.807) is 0 Å². The molecule has 2 heteroatoms. The number of allylic oxidation sites excluding steroid dienone is 1. The van der Waals surface area contributed by atoms with E-state index >= 15 is 0 Å². The molecule has 0 radical (unpaired) electrons. The monoisotopic (exact) mass is 184 g/mol. The summed E-state index contributed by atoms with van der Waals surface area (Å²) in [5.74, 6) is 0.499. The molecule has 70 valence electrons. The number of hydrogen-bond donors (Lipinski definition) is 2. The molecular weight excluding hydrogens is 172 g/mol. The van der Waals surface area contributed by atoms with E-state index in [1.165, 1.54) is 22.2 Å². The van der Waals surface area contributed by atoms with E-state index in [1.807, 2.05) is 18.2 Å². The Labute approximate surface area is 82.4 Å². The normalized spacial score (nSPS) is 19.1. The van der Waals surface area contributed by atoms with Gasteiger partial charge in [-0.1, -0.05) is 19.1 Å². The molecule has 2 aromatic rings. The summed E-state index contributed by atoms with van der Waals surface area (Å²) in [5, 5.41) is 1.24. The van der Waals surface area contributed by atoms with Crippen LogP contribution in [0.3, 0.4) is 0 Å². The molecule has 3 rings (SSSR count). The molecule has 1 unspecified atom stereocenters. The van der Waals surface area contributed by atoms with E-state index in [2.05, 4.69) is 24.1 Å². The van der Waals surface area contributed by atoms with E-state index in [-0.39, 0.29) is 0 Å². The Bertz CT molecular complexity index is 534. The Hall–Kier alpha value is -1.70. The number of anilines is 1. The molecule has 0 amide bonds. The van der Waals surface area contributed by atoms with Crippen LogP contribution in [0.15, 0.2) is 24.3 Å². The fourth-order valence-electron chi connectivity index (χ4n) is 2.13. The minimum atomic E-state index is 0.499. The zero-order chi connectivity index (χ0) is 9.71. The lowest BCUT2D eigenvalue weighted by atomic mass is 10.1. The molecule has 0 fully saturated rings. The Morgan fingerprint density at radius 3 is 3.07 bits per heavy atom. The lowest BCUT2D eigenvalue weighted by Gasteiger charge is -1.96. The van der Waals surface area contributed by atoms with Crippen LogP contribution in [0, 0.1) is 0 Å². The van der Waals surface area contributed by atoms with Crippen molar-refractivity contribution in [3.8, 4) is 0 Å². The van der Waals surface area contributed by atoms with Crippen LogP contribution in [0.5, 0.6) is 0 Å². The van der Waals surface area contributed by atoms with Gasteiger partial charge in [-0.15, -0.1) is 0 Å². The van der Waals surface area contributed by atoms with Gasteiger partial charge in [-0.2, -0.15) is 0 Å². The second kappa shape index (κ2) is 2.41. The zero-order valence-electron chi connectivity index (χ0n) is 8.04. The fourth-order valence-corrected chi connectivity index (χ4v) is 2.13. The van der Waals surface area contributed by atoms with Gasteiger partial charge in [0, 0.05) is 33.8 Å². The first kappa shape index (κ1) is 7.68. The van der Waals surface area contributed by atoms with Crippen molar-refractivity contribution in [2.45, 2.75) is 12.8 Å². The Morgan fingerprint density at radius 1 is 1.36 bits per heavy atom. The second-order valence-corrected chi connectivity index (χ2v) is 3.91. The number of aromatic nitrogens is 1. The zero-order valence-corrected chi connectivity index (χ0v) is 8.04. The Morgan fingerprint density at radius 2 is 2.21 bits per heavy atom. The maximum Gasteiger partial charge on any atom is 0.0464 e. The highest BCUT2D eigenvalue weighted by Crippen LogP contribution is 2.35. The number of fused-ring (bicyclic) bond motifs is 3. The fraction of sp³-hybridized carbons (Fsp3) is 0.167. The van der Waals surface area contributed by atoms with Crippen molar-refractivity contribution in [1.82, 2.24) is 4.98 Å². The summed E-state index contributed by atoms with van der Waals surface area (Å²) in [7, 11) is 0. The molecule has 0 saturated carbocycles. The predicted molar refractivity (Wildman–Crippen MR) is 60.2 cm³/mol. The largest absolute Gasteiger partial charge is 0.399 e. The first-order valence-corrected chi connectivity index (χ1v) is 4.85. The first-order chi connectivity index (χ1) is 6.75. The molecule has 0 aliphatic heterocycles. The molecule has 0 saturated heterocycles. The minimum absolute atomic E-state index is 0.499. The minimum Gasteiger partial charge on any atom is -0.399 e. The highest BCUT2D eigenvalue weighted by Gasteiger charge is 2.17. The number of benzene rings is 1. The number of nitrogen functional groups attached to an aromatic ring is 1. The second-order valence-electron chi connectivity index (χ2n) is 3.91. The summed E-state index contributed by atoms with van der Waals surface area (Å²) < 4.78 is 0. The van der Waals surface area contributed by atoms with Crippen molar-refractivity contribution in [3.05, 3.63) is 35.5 Å². The lowest BCUT2D eigenvalue weighted by Crippen LogP contribution is -1.84. The Kier molecular flexibility index (Phi) is 1.32. The average molecular weight is 184 g/mol. The summed E-state index contributed by atoms with van der Waals surface area (Å²) in [5.41, 5.74) is 10.4. The maximum absolute atomic E-state index is 5.77. The summed E-state index contributed by atoms with van der Waals surface area (Å²) in [6, 6.07) is 6.01. The van der Waals surface area contributed by atoms with Crippen LogP contribution < -0.4 is 5.73 Å². The third-order valence-corrected chi connectivity index (χ3v) is 2.90. The average Bonchev–Trinajstić information content (AvgIpc) is 2.67. The molecule has 14 heavy (non-hydrogen) atoms. The van der Waals surface area contributed by atoms with Gasteiger partial charge < -0.3 is 10.7 Å². The molecule has 0 spiro atoms. The van der Waals surface area contributed by atoms with E-state index in [9.17, 15) is 0 Å². The van der Waals surface area contributed by atoms with Crippen molar-refractivity contribution in [1.29, 1.82) is 0 Å². The van der Waals surface area contributed by atoms with Crippen molar-refractivity contribution in [2.75, 3.05) is 5.73 Å². The molecule has 1 aromatic carbocycles. The smallest absolute Gasteiger partial charge is 0.0464 e. The van der Waals surface area contributed by atoms with Crippen molar-refractivity contribution >= 4 is 22.7 Å². The number of nitrogens with two attached hydrogens (primary N) is 1. The van der Waals surface area contributed by atoms with Crippen molar-refractivity contribution in [3.63, 3.8) is 0 Å². The molecule has 1 aliphatic rings. The number of hydrogen-bond acceptors (Lipinski definition) is 1. The predicted octanol–water partition coefficient (Wildman–Crippen LogP) is 2.88. The van der Waals surface area contributed by atoms with Crippen LogP contribution in [0.25, 0.3) is 17.0 Å². The van der Waals surface area contributed by atoms with E-state index in [0.717, 1.165) is 5.69 Å². The number of nitrogens with one attached hydrogen (secondary N) is 1. The summed E-state index contributed by atoms with van der Waals surface area (Å²) in [6.45, 7) is 2.20. The van der Waals surface area contributed by atoms with Crippen LogP contribution in [-0.2, 0) is 0 Å². The molecule has 1 heterocycles. The highest BCUT2D eigenvalue weighted by atomic mass is 14.7. The third-order valence-electron chi connectivity index (χ3n) is 2.90. The van der Waals surface area contributed by atoms with E-state index in [4.69, 9.17) is 5.73 Å². The van der Waals surface area contributed by atoms with Gasteiger partial charge in [-0.05, 0) is 18.2 Å². The van der Waals surface area contributed by atoms with Crippen LogP contribution >= 0.6 is 0 Å². The summed E-state index contributed by atoms with van der Waals surface area (Å²) in [6.07, 6.45) is 4.39. The van der Waals surface area contributed by atoms with Gasteiger partial charge in [0.2, 0.25) is 0 Å². The van der Waals surface area contributed by atoms with Crippen molar-refractivity contribution in [2.24, 2.45) is 0 Å². The summed E-state index contributed by atoms with van der Waals surface area (Å²) in [4.78, 5) is 3.43. The van der Waals surface area contributed by atoms with Gasteiger partial charge in [-0.25, -0.2) is 0 Å². The van der Waals surface area contributed by atoms with Crippen LogP contribution in [0.1, 0.15) is 24.1 Å². The molecule has 1 aromatic heterocycles. The molecular formula is C12H12N2. The number of rotatable bonds is 0. The van der Waals surface area contributed by atoms with Gasteiger partial charge in [-0.3, -0.25) is 0 Å². The Balaban J connectivity index is 2.41. The third kappa shape index (κ3) is 0.854. The molecule has 0 bridgehead atoms. The van der Waals surface area contributed by atoms with Gasteiger partial charge >= 0.3 is 0 Å². The van der Waals surface area contributed by atoms with Gasteiger partial charge in [0.15, 0.2) is 0 Å². The van der Waals surface area contributed by atoms with Crippen LogP contribution in [0.4, 0.5) is 5.69 Å². The van der Waals surface area contributed by atoms with Gasteiger partial charge in [0.05, 0.1) is 0 Å². The molecule has 1 aliphatic carbocycles. The number of aromatic amines is 1. The standard InChI is InChI=1S/C12H12N2/c1-7-2-4-9-10-6-8(13)3-5-11(10)14-12(7)9/h2-7,14H,13H2,1H3. The van der Waals surface area contributed by atoms with Crippen LogP contribution in [0.2, 0.25) is 0 Å². The topological polar surface area (TPSA) is 41.8 Å². The number of H-pyrrole nitrogens is 1. The van der Waals surface area contributed by atoms with Gasteiger partial charge in [0.25, 0.3) is 0 Å². The highest BCUT2D eigenvalue weighted by molar-refractivity contribution is 5.94. The SMILES string of the molecule is CC1C=Cc2c1[nH]c1ccc(N)cc21. The lowest BCUT2D eigenvalue weighted by molar-refractivity contribution is 0.946. The quantitative estimate of drug-likeness (QED) is 0.607. The van der Waals surface area contributed by atoms with E-state index < -0.39 is 0 Å². The van der Waals surface area contributed by atoms with E-state index in [0.29, 0.717) is 5.92 Å².